The average Bonchev–Trinajstić information content (AvgIpc) is 3.34. The third-order valence-electron chi connectivity index (χ3n) is 11.8. The van der Waals surface area contributed by atoms with Gasteiger partial charge in [-0.3, -0.25) is 44.6 Å². The SMILES string of the molecule is CC1CC/C(N[C@@H]2CCCN(C(=O)CCCCSc3cc(F)cc4c3C(=O)N(C3CCC(=O)NC3=O)C4=O)CC2C)=C(C(=N)c2ccc(Oc3ccccc3)cc2)\C(N)=N/C1. The Morgan fingerprint density at radius 1 is 0.984 bits per heavy atom. The van der Waals surface area contributed by atoms with Crippen molar-refractivity contribution in [1.29, 1.82) is 5.41 Å². The Morgan fingerprint density at radius 2 is 1.74 bits per heavy atom. The molecule has 3 aromatic rings. The van der Waals surface area contributed by atoms with Gasteiger partial charge >= 0.3 is 0 Å². The lowest BCUT2D eigenvalue weighted by molar-refractivity contribution is -0.136. The molecule has 0 saturated carbocycles. The van der Waals surface area contributed by atoms with Crippen LogP contribution in [-0.4, -0.2) is 88.4 Å². The van der Waals surface area contributed by atoms with Crippen molar-refractivity contribution in [2.75, 3.05) is 25.4 Å². The molecule has 2 saturated heterocycles. The van der Waals surface area contributed by atoms with E-state index in [1.807, 2.05) is 59.5 Å². The van der Waals surface area contributed by atoms with Gasteiger partial charge < -0.3 is 20.7 Å². The second kappa shape index (κ2) is 19.3. The molecule has 4 aliphatic heterocycles. The van der Waals surface area contributed by atoms with Gasteiger partial charge in [-0.1, -0.05) is 32.0 Å². The van der Waals surface area contributed by atoms with E-state index in [1.54, 1.807) is 0 Å². The van der Waals surface area contributed by atoms with Crippen LogP contribution in [-0.2, 0) is 14.4 Å². The quantitative estimate of drug-likeness (QED) is 0.0636. The first kappa shape index (κ1) is 43.3. The van der Waals surface area contributed by atoms with Gasteiger partial charge in [-0.25, -0.2) is 4.39 Å². The predicted molar refractivity (Wildman–Crippen MR) is 231 cm³/mol. The number of allylic oxidation sites excluding steroid dienone is 1. The third-order valence-corrected chi connectivity index (χ3v) is 12.9. The molecule has 13 nitrogen and oxygen atoms in total. The minimum atomic E-state index is -1.14. The van der Waals surface area contributed by atoms with Gasteiger partial charge in [0.05, 0.1) is 22.4 Å². The number of nitrogens with two attached hydrogens (primary N) is 1. The van der Waals surface area contributed by atoms with E-state index in [1.165, 1.54) is 17.8 Å². The fourth-order valence-electron chi connectivity index (χ4n) is 8.35. The molecule has 5 N–H and O–H groups in total. The van der Waals surface area contributed by atoms with Crippen LogP contribution in [0.25, 0.3) is 0 Å². The van der Waals surface area contributed by atoms with Crippen LogP contribution in [0.4, 0.5) is 4.39 Å². The number of carbonyl (C=O) groups is 5. The van der Waals surface area contributed by atoms with Gasteiger partial charge in [0.2, 0.25) is 17.7 Å². The number of amidine groups is 1. The van der Waals surface area contributed by atoms with E-state index in [0.717, 1.165) is 48.1 Å². The molecule has 7 rings (SSSR count). The van der Waals surface area contributed by atoms with E-state index in [2.05, 4.69) is 24.5 Å². The molecule has 61 heavy (non-hydrogen) atoms. The predicted octanol–water partition coefficient (Wildman–Crippen LogP) is 6.61. The molecule has 3 aromatic carbocycles. The number of carbonyl (C=O) groups excluding carboxylic acids is 5. The van der Waals surface area contributed by atoms with E-state index in [0.29, 0.717) is 78.2 Å². The molecule has 5 amide bonds. The number of piperidine rings is 1. The Morgan fingerprint density at radius 3 is 2.49 bits per heavy atom. The van der Waals surface area contributed by atoms with Crippen LogP contribution >= 0.6 is 11.8 Å². The summed E-state index contributed by atoms with van der Waals surface area (Å²) in [6, 6.07) is 18.1. The van der Waals surface area contributed by atoms with Crippen molar-refractivity contribution >= 4 is 52.8 Å². The highest BCUT2D eigenvalue weighted by Gasteiger charge is 2.46. The highest BCUT2D eigenvalue weighted by Crippen LogP contribution is 2.36. The highest BCUT2D eigenvalue weighted by molar-refractivity contribution is 7.99. The smallest absolute Gasteiger partial charge is 0.263 e. The first-order valence-corrected chi connectivity index (χ1v) is 22.0. The molecule has 320 valence electrons. The molecule has 15 heteroatoms. The second-order valence-electron chi connectivity index (χ2n) is 16.3. The van der Waals surface area contributed by atoms with Crippen LogP contribution in [0, 0.1) is 23.1 Å². The summed E-state index contributed by atoms with van der Waals surface area (Å²) in [5.74, 6) is -0.586. The third kappa shape index (κ3) is 10.0. The molecule has 4 atom stereocenters. The maximum atomic E-state index is 14.7. The number of rotatable bonds is 13. The molecule has 0 spiro atoms. The Labute approximate surface area is 359 Å². The van der Waals surface area contributed by atoms with Crippen LogP contribution < -0.4 is 21.1 Å². The first-order valence-electron chi connectivity index (χ1n) is 21.1. The maximum absolute atomic E-state index is 14.7. The Balaban J connectivity index is 0.945. The normalized spacial score (nSPS) is 24.2. The van der Waals surface area contributed by atoms with Crippen LogP contribution in [0.1, 0.15) is 97.9 Å². The van der Waals surface area contributed by atoms with E-state index < -0.39 is 35.5 Å². The minimum absolute atomic E-state index is 0.00803. The molecule has 4 heterocycles. The number of nitrogens with one attached hydrogen (secondary N) is 3. The number of hydrogen-bond acceptors (Lipinski definition) is 11. The van der Waals surface area contributed by atoms with Crippen molar-refractivity contribution in [1.82, 2.24) is 20.4 Å². The molecule has 0 aliphatic carbocycles. The number of imide groups is 2. The van der Waals surface area contributed by atoms with Crippen molar-refractivity contribution in [3.8, 4) is 11.5 Å². The number of hydrogen-bond donors (Lipinski definition) is 4. The minimum Gasteiger partial charge on any atom is -0.457 e. The molecule has 3 unspecified atom stereocenters. The summed E-state index contributed by atoms with van der Waals surface area (Å²) >= 11 is 1.24. The zero-order chi connectivity index (χ0) is 43.2. The lowest BCUT2D eigenvalue weighted by Gasteiger charge is -2.30. The first-order chi connectivity index (χ1) is 29.4. The summed E-state index contributed by atoms with van der Waals surface area (Å²) in [5, 5.41) is 15.3. The fraction of sp³-hybridized carbons (Fsp3) is 0.413. The summed E-state index contributed by atoms with van der Waals surface area (Å²) < 4.78 is 20.7. The number of benzene rings is 3. The van der Waals surface area contributed by atoms with Gasteiger partial charge in [-0.15, -0.1) is 11.8 Å². The number of thioether (sulfide) groups is 1. The van der Waals surface area contributed by atoms with Crippen molar-refractivity contribution in [2.24, 2.45) is 22.6 Å². The number of ether oxygens (including phenoxy) is 1. The molecule has 0 bridgehead atoms. The zero-order valence-corrected chi connectivity index (χ0v) is 35.3. The Kier molecular flexibility index (Phi) is 13.7. The van der Waals surface area contributed by atoms with E-state index in [9.17, 15) is 33.8 Å². The highest BCUT2D eigenvalue weighted by atomic mass is 32.2. The van der Waals surface area contributed by atoms with E-state index in [4.69, 9.17) is 15.5 Å². The van der Waals surface area contributed by atoms with Crippen LogP contribution in [0.2, 0.25) is 0 Å². The van der Waals surface area contributed by atoms with Gasteiger partial charge in [0.15, 0.2) is 0 Å². The molecular formula is C46H52FN7O6S. The van der Waals surface area contributed by atoms with Gasteiger partial charge in [-0.2, -0.15) is 0 Å². The van der Waals surface area contributed by atoms with Gasteiger partial charge in [0, 0.05) is 54.7 Å². The summed E-state index contributed by atoms with van der Waals surface area (Å²) in [6.45, 7) is 6.09. The topological polar surface area (TPSA) is 187 Å². The zero-order valence-electron chi connectivity index (χ0n) is 34.5. The molecule has 0 aromatic heterocycles. The molecule has 2 fully saturated rings. The van der Waals surface area contributed by atoms with Gasteiger partial charge in [0.25, 0.3) is 11.8 Å². The standard InChI is InChI=1S/C46H52FN7O6S/c1-27-13-18-35(41(43(49)50-25-27)42(48)29-14-16-32(17-15-29)60-31-9-4-3-5-10-31)51-34-11-8-21-53(26-28(34)2)39(56)12-6-7-22-61-37-24-30(47)23-33-40(37)46(59)54(45(33)58)36-19-20-38(55)52-44(36)57/h3-5,9-10,14-17,23-24,27-28,34,36,48,51H,6-8,11-13,18-22,25-26H2,1-2H3,(H2,49,50)(H,52,55,57)/b41-35+,48-42?/t27?,28?,34-,36?/m1/s1. The fourth-order valence-corrected chi connectivity index (χ4v) is 9.46. The average molecular weight is 850 g/mol. The summed E-state index contributed by atoms with van der Waals surface area (Å²) in [5.41, 5.74) is 9.11. The van der Waals surface area contributed by atoms with Crippen molar-refractivity contribution in [3.05, 3.63) is 101 Å². The number of unbranched alkanes of at least 4 members (excludes halogenated alkanes) is 1. The number of amides is 5. The lowest BCUT2D eigenvalue weighted by atomic mass is 9.92. The number of likely N-dealkylation sites (tertiary alicyclic amines) is 1. The summed E-state index contributed by atoms with van der Waals surface area (Å²) in [6.07, 6.45) is 4.78. The number of fused-ring (bicyclic) bond motifs is 1. The monoisotopic (exact) mass is 849 g/mol. The summed E-state index contributed by atoms with van der Waals surface area (Å²) in [7, 11) is 0. The number of para-hydroxylation sites is 1. The molecular weight excluding hydrogens is 798 g/mol. The van der Waals surface area contributed by atoms with Crippen LogP contribution in [0.3, 0.4) is 0 Å². The number of halogens is 1. The Hall–Kier alpha value is -5.83. The van der Waals surface area contributed by atoms with Crippen molar-refractivity contribution in [3.63, 3.8) is 0 Å². The molecule has 0 radical (unpaired) electrons. The van der Waals surface area contributed by atoms with Crippen molar-refractivity contribution < 1.29 is 33.1 Å². The molecule has 4 aliphatic rings. The summed E-state index contributed by atoms with van der Waals surface area (Å²) in [4.78, 5) is 72.1. The largest absolute Gasteiger partial charge is 0.457 e. The maximum Gasteiger partial charge on any atom is 0.263 e. The number of nitrogens with zero attached hydrogens (tertiary/aromatic N) is 3. The van der Waals surface area contributed by atoms with Gasteiger partial charge in [-0.05, 0) is 111 Å². The van der Waals surface area contributed by atoms with Crippen LogP contribution in [0.15, 0.2) is 87.9 Å². The lowest BCUT2D eigenvalue weighted by Crippen LogP contribution is -2.54. The van der Waals surface area contributed by atoms with E-state index >= 15 is 0 Å². The van der Waals surface area contributed by atoms with Gasteiger partial charge in [0.1, 0.15) is 29.2 Å². The van der Waals surface area contributed by atoms with E-state index in [-0.39, 0.29) is 47.5 Å². The van der Waals surface area contributed by atoms with Crippen molar-refractivity contribution in [2.45, 2.75) is 88.6 Å². The van der Waals surface area contributed by atoms with Crippen LogP contribution in [0.5, 0.6) is 11.5 Å². The Bertz CT molecular complexity index is 2270. The number of aliphatic imine (C=N–C) groups is 1. The second-order valence-corrected chi connectivity index (χ2v) is 17.5.